The molecule has 1 nitrogen and oxygen atoms in total. The first-order valence-corrected chi connectivity index (χ1v) is 5.37. The Labute approximate surface area is 86.8 Å². The third-order valence-corrected chi connectivity index (χ3v) is 2.31. The summed E-state index contributed by atoms with van der Waals surface area (Å²) in [6.07, 6.45) is 6.81. The SMILES string of the molecule is CC.CNc1ccc2c(c1)CCC=C2. The van der Waals surface area contributed by atoms with Gasteiger partial charge in [-0.3, -0.25) is 0 Å². The standard InChI is InChI=1S/C11H13N.C2H6/c1-12-11-7-6-9-4-2-3-5-10(9)8-11;1-2/h2,4,6-8,12H,3,5H2,1H3;1-2H3. The lowest BCUT2D eigenvalue weighted by atomic mass is 9.97. The molecule has 14 heavy (non-hydrogen) atoms. The summed E-state index contributed by atoms with van der Waals surface area (Å²) in [5, 5.41) is 3.15. The predicted octanol–water partition coefficient (Wildman–Crippen LogP) is 3.71. The summed E-state index contributed by atoms with van der Waals surface area (Å²) < 4.78 is 0. The Morgan fingerprint density at radius 3 is 2.71 bits per heavy atom. The minimum atomic E-state index is 1.18. The molecule has 1 aromatic rings. The number of anilines is 1. The highest BCUT2D eigenvalue weighted by Gasteiger charge is 2.03. The molecule has 0 radical (unpaired) electrons. The first-order chi connectivity index (χ1) is 6.90. The average Bonchev–Trinajstić information content (AvgIpc) is 2.31. The van der Waals surface area contributed by atoms with E-state index in [1.807, 2.05) is 20.9 Å². The minimum Gasteiger partial charge on any atom is -0.388 e. The molecule has 2 rings (SSSR count). The Bertz CT molecular complexity index is 313. The van der Waals surface area contributed by atoms with Crippen LogP contribution in [0.4, 0.5) is 5.69 Å². The maximum Gasteiger partial charge on any atom is 0.0340 e. The summed E-state index contributed by atoms with van der Waals surface area (Å²) in [6.45, 7) is 4.00. The molecule has 0 atom stereocenters. The van der Waals surface area contributed by atoms with Crippen LogP contribution in [0.3, 0.4) is 0 Å². The molecule has 0 unspecified atom stereocenters. The van der Waals surface area contributed by atoms with E-state index in [0.29, 0.717) is 0 Å². The zero-order valence-electron chi connectivity index (χ0n) is 9.30. The normalized spacial score (nSPS) is 12.5. The van der Waals surface area contributed by atoms with Gasteiger partial charge in [0.25, 0.3) is 0 Å². The minimum absolute atomic E-state index is 1.18. The van der Waals surface area contributed by atoms with Crippen LogP contribution in [0.2, 0.25) is 0 Å². The van der Waals surface area contributed by atoms with E-state index in [2.05, 4.69) is 35.7 Å². The summed E-state index contributed by atoms with van der Waals surface area (Å²) in [5.74, 6) is 0. The largest absolute Gasteiger partial charge is 0.388 e. The Morgan fingerprint density at radius 1 is 1.21 bits per heavy atom. The molecule has 1 aliphatic carbocycles. The average molecular weight is 189 g/mol. The quantitative estimate of drug-likeness (QED) is 0.710. The van der Waals surface area contributed by atoms with Crippen molar-refractivity contribution in [2.45, 2.75) is 26.7 Å². The third kappa shape index (κ3) is 2.38. The van der Waals surface area contributed by atoms with Crippen LogP contribution in [0.25, 0.3) is 6.08 Å². The molecule has 1 N–H and O–H groups in total. The number of hydrogen-bond donors (Lipinski definition) is 1. The Balaban J connectivity index is 0.000000461. The maximum absolute atomic E-state index is 3.15. The number of fused-ring (bicyclic) bond motifs is 1. The first kappa shape index (κ1) is 10.8. The van der Waals surface area contributed by atoms with Crippen molar-refractivity contribution in [2.75, 3.05) is 12.4 Å². The molecule has 1 aromatic carbocycles. The highest BCUT2D eigenvalue weighted by Crippen LogP contribution is 2.22. The lowest BCUT2D eigenvalue weighted by Gasteiger charge is -2.11. The molecule has 0 fully saturated rings. The molecular weight excluding hydrogens is 170 g/mol. The van der Waals surface area contributed by atoms with E-state index in [1.54, 1.807) is 0 Å². The molecule has 0 bridgehead atoms. The van der Waals surface area contributed by atoms with Crippen LogP contribution in [-0.4, -0.2) is 7.05 Å². The van der Waals surface area contributed by atoms with Crippen molar-refractivity contribution in [2.24, 2.45) is 0 Å². The van der Waals surface area contributed by atoms with E-state index in [0.717, 1.165) is 0 Å². The van der Waals surface area contributed by atoms with E-state index in [9.17, 15) is 0 Å². The van der Waals surface area contributed by atoms with Crippen molar-refractivity contribution in [1.29, 1.82) is 0 Å². The molecular formula is C13H19N. The second-order valence-corrected chi connectivity index (χ2v) is 3.10. The highest BCUT2D eigenvalue weighted by atomic mass is 14.8. The van der Waals surface area contributed by atoms with Crippen molar-refractivity contribution in [3.8, 4) is 0 Å². The number of allylic oxidation sites excluding steroid dienone is 1. The molecule has 0 aliphatic heterocycles. The number of nitrogens with one attached hydrogen (secondary N) is 1. The summed E-state index contributed by atoms with van der Waals surface area (Å²) in [4.78, 5) is 0. The zero-order valence-corrected chi connectivity index (χ0v) is 9.30. The van der Waals surface area contributed by atoms with Crippen molar-refractivity contribution >= 4 is 11.8 Å². The topological polar surface area (TPSA) is 12.0 Å². The molecule has 0 saturated heterocycles. The van der Waals surface area contributed by atoms with E-state index in [4.69, 9.17) is 0 Å². The second-order valence-electron chi connectivity index (χ2n) is 3.10. The van der Waals surface area contributed by atoms with Crippen molar-refractivity contribution < 1.29 is 0 Å². The van der Waals surface area contributed by atoms with Crippen LogP contribution in [0.15, 0.2) is 24.3 Å². The summed E-state index contributed by atoms with van der Waals surface area (Å²) in [7, 11) is 1.96. The van der Waals surface area contributed by atoms with Gasteiger partial charge < -0.3 is 5.32 Å². The second kappa shape index (κ2) is 5.48. The fourth-order valence-electron chi connectivity index (χ4n) is 1.59. The highest BCUT2D eigenvalue weighted by molar-refractivity contribution is 5.61. The van der Waals surface area contributed by atoms with Gasteiger partial charge in [0.15, 0.2) is 0 Å². The maximum atomic E-state index is 3.15. The fourth-order valence-corrected chi connectivity index (χ4v) is 1.59. The smallest absolute Gasteiger partial charge is 0.0340 e. The molecule has 76 valence electrons. The van der Waals surface area contributed by atoms with Crippen molar-refractivity contribution in [3.63, 3.8) is 0 Å². The number of benzene rings is 1. The van der Waals surface area contributed by atoms with Gasteiger partial charge in [-0.1, -0.05) is 32.1 Å². The van der Waals surface area contributed by atoms with Crippen LogP contribution >= 0.6 is 0 Å². The molecule has 0 saturated carbocycles. The zero-order chi connectivity index (χ0) is 10.4. The Kier molecular flexibility index (Phi) is 4.24. The van der Waals surface area contributed by atoms with Gasteiger partial charge in [0.2, 0.25) is 0 Å². The van der Waals surface area contributed by atoms with E-state index >= 15 is 0 Å². The van der Waals surface area contributed by atoms with Gasteiger partial charge in [0, 0.05) is 12.7 Å². The monoisotopic (exact) mass is 189 g/mol. The van der Waals surface area contributed by atoms with Crippen LogP contribution in [0.5, 0.6) is 0 Å². The lowest BCUT2D eigenvalue weighted by Crippen LogP contribution is -1.96. The van der Waals surface area contributed by atoms with Gasteiger partial charge in [0.1, 0.15) is 0 Å². The fraction of sp³-hybridized carbons (Fsp3) is 0.385. The Hall–Kier alpha value is -1.24. The van der Waals surface area contributed by atoms with Crippen molar-refractivity contribution in [3.05, 3.63) is 35.4 Å². The molecule has 1 aliphatic rings. The van der Waals surface area contributed by atoms with Gasteiger partial charge in [-0.25, -0.2) is 0 Å². The summed E-state index contributed by atoms with van der Waals surface area (Å²) in [5.41, 5.74) is 4.05. The van der Waals surface area contributed by atoms with Crippen molar-refractivity contribution in [1.82, 2.24) is 0 Å². The van der Waals surface area contributed by atoms with Crippen LogP contribution in [-0.2, 0) is 6.42 Å². The van der Waals surface area contributed by atoms with Gasteiger partial charge in [-0.05, 0) is 36.1 Å². The number of hydrogen-bond acceptors (Lipinski definition) is 1. The molecule has 1 heteroatoms. The van der Waals surface area contributed by atoms with E-state index in [1.165, 1.54) is 29.7 Å². The van der Waals surface area contributed by atoms with Gasteiger partial charge in [0.05, 0.1) is 0 Å². The number of aryl methyl sites for hydroxylation is 1. The first-order valence-electron chi connectivity index (χ1n) is 5.37. The van der Waals surface area contributed by atoms with Gasteiger partial charge >= 0.3 is 0 Å². The summed E-state index contributed by atoms with van der Waals surface area (Å²) in [6, 6.07) is 6.53. The van der Waals surface area contributed by atoms with Gasteiger partial charge in [-0.2, -0.15) is 0 Å². The van der Waals surface area contributed by atoms with E-state index in [-0.39, 0.29) is 0 Å². The molecule has 0 aromatic heterocycles. The molecule has 0 spiro atoms. The Morgan fingerprint density at radius 2 is 2.00 bits per heavy atom. The molecule has 0 amide bonds. The lowest BCUT2D eigenvalue weighted by molar-refractivity contribution is 0.986. The van der Waals surface area contributed by atoms with Crippen LogP contribution in [0, 0.1) is 0 Å². The number of rotatable bonds is 1. The van der Waals surface area contributed by atoms with Crippen LogP contribution < -0.4 is 5.32 Å². The van der Waals surface area contributed by atoms with E-state index < -0.39 is 0 Å². The summed E-state index contributed by atoms with van der Waals surface area (Å²) >= 11 is 0. The predicted molar refractivity (Wildman–Crippen MR) is 64.7 cm³/mol. The van der Waals surface area contributed by atoms with Crippen LogP contribution in [0.1, 0.15) is 31.4 Å². The molecule has 0 heterocycles. The van der Waals surface area contributed by atoms with Gasteiger partial charge in [-0.15, -0.1) is 0 Å². The third-order valence-electron chi connectivity index (χ3n) is 2.31.